The van der Waals surface area contributed by atoms with E-state index in [1.807, 2.05) is 0 Å². The lowest BCUT2D eigenvalue weighted by Gasteiger charge is -2.18. The van der Waals surface area contributed by atoms with Crippen LogP contribution in [0.1, 0.15) is 17.3 Å². The molecule has 4 N–H and O–H groups in total. The standard InChI is InChI=1S/C15H19Cl2N3O3.ClH/c1-8(14(22)19-6-9-5-18-7-12(9)21)20-15(23)10-3-2-4-11(16)13(10)17;/h2-4,8-9,12,18,21H,5-7H2,1H3,(H,19,22)(H,20,23);1H. The second kappa shape index (κ2) is 9.44. The fourth-order valence-electron chi connectivity index (χ4n) is 2.33. The highest BCUT2D eigenvalue weighted by Crippen LogP contribution is 2.25. The summed E-state index contributed by atoms with van der Waals surface area (Å²) in [7, 11) is 0. The number of amides is 2. The molecule has 9 heteroatoms. The Hall–Kier alpha value is -1.05. The number of nitrogens with one attached hydrogen (secondary N) is 3. The first kappa shape index (κ1) is 21.0. The molecule has 0 aromatic heterocycles. The van der Waals surface area contributed by atoms with Crippen molar-refractivity contribution in [3.63, 3.8) is 0 Å². The highest BCUT2D eigenvalue weighted by Gasteiger charge is 2.26. The number of aliphatic hydroxyl groups excluding tert-OH is 1. The molecule has 1 aliphatic rings. The van der Waals surface area contributed by atoms with Gasteiger partial charge in [-0.25, -0.2) is 0 Å². The van der Waals surface area contributed by atoms with Crippen LogP contribution < -0.4 is 16.0 Å². The molecule has 1 aromatic rings. The van der Waals surface area contributed by atoms with Crippen molar-refractivity contribution < 1.29 is 14.7 Å². The number of benzene rings is 1. The van der Waals surface area contributed by atoms with E-state index >= 15 is 0 Å². The summed E-state index contributed by atoms with van der Waals surface area (Å²) in [5, 5.41) is 18.5. The number of β-amino-alcohol motifs (C(OH)–C–C–N with tert-alkyl or cyclic N) is 1. The summed E-state index contributed by atoms with van der Waals surface area (Å²) < 4.78 is 0. The zero-order chi connectivity index (χ0) is 17.0. The lowest BCUT2D eigenvalue weighted by atomic mass is 10.1. The summed E-state index contributed by atoms with van der Waals surface area (Å²) in [6.07, 6.45) is -0.467. The Labute approximate surface area is 156 Å². The van der Waals surface area contributed by atoms with Crippen LogP contribution in [0.3, 0.4) is 0 Å². The Morgan fingerprint density at radius 2 is 2.08 bits per heavy atom. The second-order valence-electron chi connectivity index (χ2n) is 5.53. The Morgan fingerprint density at radius 1 is 1.38 bits per heavy atom. The Balaban J connectivity index is 0.00000288. The molecule has 1 fully saturated rings. The van der Waals surface area contributed by atoms with Crippen molar-refractivity contribution >= 4 is 47.4 Å². The average Bonchev–Trinajstić information content (AvgIpc) is 2.92. The van der Waals surface area contributed by atoms with E-state index in [1.165, 1.54) is 6.07 Å². The van der Waals surface area contributed by atoms with E-state index in [-0.39, 0.29) is 39.8 Å². The minimum absolute atomic E-state index is 0. The number of halogens is 3. The maximum Gasteiger partial charge on any atom is 0.253 e. The molecule has 0 saturated carbocycles. The van der Waals surface area contributed by atoms with E-state index in [4.69, 9.17) is 23.2 Å². The predicted octanol–water partition coefficient (Wildman–Crippen LogP) is 1.23. The lowest BCUT2D eigenvalue weighted by molar-refractivity contribution is -0.122. The summed E-state index contributed by atoms with van der Waals surface area (Å²) in [6.45, 7) is 3.11. The molecule has 134 valence electrons. The van der Waals surface area contributed by atoms with Crippen molar-refractivity contribution in [2.75, 3.05) is 19.6 Å². The third kappa shape index (κ3) is 5.22. The van der Waals surface area contributed by atoms with Crippen molar-refractivity contribution in [1.82, 2.24) is 16.0 Å². The van der Waals surface area contributed by atoms with E-state index < -0.39 is 18.1 Å². The zero-order valence-electron chi connectivity index (χ0n) is 13.0. The molecule has 0 aliphatic carbocycles. The molecule has 0 bridgehead atoms. The highest BCUT2D eigenvalue weighted by molar-refractivity contribution is 6.43. The lowest BCUT2D eigenvalue weighted by Crippen LogP contribution is -2.47. The molecule has 3 unspecified atom stereocenters. The van der Waals surface area contributed by atoms with Gasteiger partial charge in [0, 0.05) is 25.6 Å². The van der Waals surface area contributed by atoms with E-state index in [0.717, 1.165) is 0 Å². The van der Waals surface area contributed by atoms with Crippen LogP contribution in [0.15, 0.2) is 18.2 Å². The smallest absolute Gasteiger partial charge is 0.253 e. The molecule has 2 rings (SSSR count). The summed E-state index contributed by atoms with van der Waals surface area (Å²) in [5.74, 6) is -0.817. The molecular weight excluding hydrogens is 377 g/mol. The first-order valence-electron chi connectivity index (χ1n) is 7.31. The second-order valence-corrected chi connectivity index (χ2v) is 6.31. The van der Waals surface area contributed by atoms with Gasteiger partial charge in [0.15, 0.2) is 0 Å². The van der Waals surface area contributed by atoms with Gasteiger partial charge in [0.1, 0.15) is 6.04 Å². The molecule has 1 aliphatic heterocycles. The Morgan fingerprint density at radius 3 is 2.71 bits per heavy atom. The van der Waals surface area contributed by atoms with Gasteiger partial charge in [0.05, 0.1) is 21.7 Å². The summed E-state index contributed by atoms with van der Waals surface area (Å²) in [4.78, 5) is 24.2. The monoisotopic (exact) mass is 395 g/mol. The predicted molar refractivity (Wildman–Crippen MR) is 96.0 cm³/mol. The van der Waals surface area contributed by atoms with E-state index in [2.05, 4.69) is 16.0 Å². The Bertz CT molecular complexity index is 601. The highest BCUT2D eigenvalue weighted by atomic mass is 35.5. The minimum atomic E-state index is -0.732. The molecule has 24 heavy (non-hydrogen) atoms. The molecule has 3 atom stereocenters. The van der Waals surface area contributed by atoms with Crippen LogP contribution in [0.2, 0.25) is 10.0 Å². The largest absolute Gasteiger partial charge is 0.391 e. The summed E-state index contributed by atoms with van der Waals surface area (Å²) in [6, 6.07) is 4.00. The van der Waals surface area contributed by atoms with E-state index in [9.17, 15) is 14.7 Å². The maximum absolute atomic E-state index is 12.2. The van der Waals surface area contributed by atoms with Crippen LogP contribution in [0, 0.1) is 5.92 Å². The first-order valence-corrected chi connectivity index (χ1v) is 8.07. The van der Waals surface area contributed by atoms with Crippen molar-refractivity contribution in [2.24, 2.45) is 5.92 Å². The average molecular weight is 397 g/mol. The van der Waals surface area contributed by atoms with E-state index in [1.54, 1.807) is 19.1 Å². The number of aliphatic hydroxyl groups is 1. The number of carbonyl (C=O) groups is 2. The fraction of sp³-hybridized carbons (Fsp3) is 0.467. The van der Waals surface area contributed by atoms with Crippen LogP contribution in [-0.4, -0.2) is 48.7 Å². The maximum atomic E-state index is 12.2. The van der Waals surface area contributed by atoms with Gasteiger partial charge in [-0.15, -0.1) is 12.4 Å². The third-order valence-corrected chi connectivity index (χ3v) is 4.60. The van der Waals surface area contributed by atoms with Crippen LogP contribution >= 0.6 is 35.6 Å². The van der Waals surface area contributed by atoms with Crippen molar-refractivity contribution in [3.8, 4) is 0 Å². The van der Waals surface area contributed by atoms with E-state index in [0.29, 0.717) is 19.6 Å². The quantitative estimate of drug-likeness (QED) is 0.602. The number of hydrogen-bond donors (Lipinski definition) is 4. The van der Waals surface area contributed by atoms with Gasteiger partial charge in [-0.2, -0.15) is 0 Å². The van der Waals surface area contributed by atoms with Gasteiger partial charge in [-0.1, -0.05) is 29.3 Å². The van der Waals surface area contributed by atoms with Crippen molar-refractivity contribution in [2.45, 2.75) is 19.1 Å². The zero-order valence-corrected chi connectivity index (χ0v) is 15.3. The SMILES string of the molecule is CC(NC(=O)c1cccc(Cl)c1Cl)C(=O)NCC1CNCC1O.Cl. The van der Waals surface area contributed by atoms with Crippen molar-refractivity contribution in [3.05, 3.63) is 33.8 Å². The van der Waals surface area contributed by atoms with Gasteiger partial charge >= 0.3 is 0 Å². The molecule has 6 nitrogen and oxygen atoms in total. The van der Waals surface area contributed by atoms with Gasteiger partial charge in [0.25, 0.3) is 5.91 Å². The van der Waals surface area contributed by atoms with Crippen LogP contribution in [0.5, 0.6) is 0 Å². The summed E-state index contributed by atoms with van der Waals surface area (Å²) in [5.41, 5.74) is 0.217. The van der Waals surface area contributed by atoms with Gasteiger partial charge < -0.3 is 21.1 Å². The molecule has 1 aromatic carbocycles. The topological polar surface area (TPSA) is 90.5 Å². The normalized spacial score (nSPS) is 20.8. The van der Waals surface area contributed by atoms with Gasteiger partial charge in [-0.3, -0.25) is 9.59 Å². The molecule has 2 amide bonds. The summed E-state index contributed by atoms with van der Waals surface area (Å²) >= 11 is 11.9. The molecule has 1 heterocycles. The molecule has 0 radical (unpaired) electrons. The molecule has 0 spiro atoms. The number of rotatable bonds is 5. The van der Waals surface area contributed by atoms with Crippen molar-refractivity contribution in [1.29, 1.82) is 0 Å². The molecule has 1 saturated heterocycles. The number of hydrogen-bond acceptors (Lipinski definition) is 4. The number of carbonyl (C=O) groups excluding carboxylic acids is 2. The third-order valence-electron chi connectivity index (χ3n) is 3.78. The Kier molecular flexibility index (Phi) is 8.26. The van der Waals surface area contributed by atoms with Gasteiger partial charge in [0.2, 0.25) is 5.91 Å². The van der Waals surface area contributed by atoms with Crippen LogP contribution in [-0.2, 0) is 4.79 Å². The van der Waals surface area contributed by atoms with Crippen LogP contribution in [0.25, 0.3) is 0 Å². The molecular formula is C15H20Cl3N3O3. The first-order chi connectivity index (χ1) is 10.9. The van der Waals surface area contributed by atoms with Gasteiger partial charge in [-0.05, 0) is 19.1 Å². The van der Waals surface area contributed by atoms with Crippen LogP contribution in [0.4, 0.5) is 0 Å². The fourth-order valence-corrected chi connectivity index (χ4v) is 2.72. The minimum Gasteiger partial charge on any atom is -0.391 e.